The first-order valence-electron chi connectivity index (χ1n) is 10.9. The highest BCUT2D eigenvalue weighted by molar-refractivity contribution is 6.31. The number of benzene rings is 3. The van der Waals surface area contributed by atoms with Gasteiger partial charge in [0.15, 0.2) is 11.2 Å². The SMILES string of the molecule is C=CCOc1ccc(C2c3c(oc4ccc(Cl)cc4c3=O)C(=O)N2c2ccc(C(C)=O)cc2)cc1. The second-order valence-corrected chi connectivity index (χ2v) is 8.60. The Bertz CT molecular complexity index is 1540. The van der Waals surface area contributed by atoms with E-state index in [9.17, 15) is 14.4 Å². The van der Waals surface area contributed by atoms with Crippen molar-refractivity contribution in [3.05, 3.63) is 117 Å². The highest BCUT2D eigenvalue weighted by Gasteiger charge is 2.43. The third-order valence-electron chi connectivity index (χ3n) is 5.95. The summed E-state index contributed by atoms with van der Waals surface area (Å²) in [6.45, 7) is 5.48. The predicted octanol–water partition coefficient (Wildman–Crippen LogP) is 5.96. The Morgan fingerprint density at radius 3 is 2.46 bits per heavy atom. The molecule has 6 nitrogen and oxygen atoms in total. The molecule has 1 amide bonds. The number of anilines is 1. The molecule has 5 rings (SSSR count). The minimum Gasteiger partial charge on any atom is -0.490 e. The van der Waals surface area contributed by atoms with Gasteiger partial charge < -0.3 is 9.15 Å². The maximum Gasteiger partial charge on any atom is 0.295 e. The van der Waals surface area contributed by atoms with Crippen molar-refractivity contribution in [3.8, 4) is 5.75 Å². The lowest BCUT2D eigenvalue weighted by molar-refractivity contribution is 0.0970. The quantitative estimate of drug-likeness (QED) is 0.248. The van der Waals surface area contributed by atoms with Crippen LogP contribution in [-0.4, -0.2) is 18.3 Å². The molecule has 1 aliphatic heterocycles. The molecule has 0 radical (unpaired) electrons. The Morgan fingerprint density at radius 1 is 1.09 bits per heavy atom. The fraction of sp³-hybridized carbons (Fsp3) is 0.107. The van der Waals surface area contributed by atoms with Crippen LogP contribution in [0.5, 0.6) is 5.75 Å². The molecule has 0 fully saturated rings. The summed E-state index contributed by atoms with van der Waals surface area (Å²) in [5.74, 6) is 0.0889. The lowest BCUT2D eigenvalue weighted by Crippen LogP contribution is -2.29. The van der Waals surface area contributed by atoms with E-state index >= 15 is 0 Å². The molecule has 0 bridgehead atoms. The van der Waals surface area contributed by atoms with Gasteiger partial charge in [0, 0.05) is 16.3 Å². The van der Waals surface area contributed by atoms with E-state index in [4.69, 9.17) is 20.8 Å². The van der Waals surface area contributed by atoms with E-state index in [1.807, 2.05) is 12.1 Å². The molecule has 1 aromatic heterocycles. The standard InChI is InChI=1S/C28H20ClNO5/c1-3-14-34-21-11-6-18(7-12-21)25-24-26(32)22-15-19(29)8-13-23(22)35-27(24)28(33)30(25)20-9-4-17(5-10-20)16(2)31/h3-13,15,25H,1,14H2,2H3. The van der Waals surface area contributed by atoms with E-state index in [0.29, 0.717) is 39.6 Å². The lowest BCUT2D eigenvalue weighted by atomic mass is 9.98. The number of hydrogen-bond donors (Lipinski definition) is 0. The summed E-state index contributed by atoms with van der Waals surface area (Å²) in [7, 11) is 0. The Labute approximate surface area is 206 Å². The van der Waals surface area contributed by atoms with E-state index in [0.717, 1.165) is 0 Å². The van der Waals surface area contributed by atoms with Crippen molar-refractivity contribution in [2.75, 3.05) is 11.5 Å². The zero-order valence-electron chi connectivity index (χ0n) is 18.8. The summed E-state index contributed by atoms with van der Waals surface area (Å²) >= 11 is 6.14. The first-order chi connectivity index (χ1) is 16.9. The first-order valence-corrected chi connectivity index (χ1v) is 11.3. The van der Waals surface area contributed by atoms with Gasteiger partial charge in [-0.15, -0.1) is 0 Å². The molecule has 4 aromatic rings. The number of fused-ring (bicyclic) bond motifs is 2. The highest BCUT2D eigenvalue weighted by atomic mass is 35.5. The number of Topliss-reactive ketones (excluding diaryl/α,β-unsaturated/α-hetero) is 1. The van der Waals surface area contributed by atoms with Gasteiger partial charge in [-0.05, 0) is 67.1 Å². The average Bonchev–Trinajstić information content (AvgIpc) is 3.16. The molecule has 3 aromatic carbocycles. The lowest BCUT2D eigenvalue weighted by Gasteiger charge is -2.25. The van der Waals surface area contributed by atoms with Crippen LogP contribution in [0.15, 0.2) is 88.6 Å². The van der Waals surface area contributed by atoms with Crippen molar-refractivity contribution in [1.29, 1.82) is 0 Å². The Kier molecular flexibility index (Phi) is 5.75. The maximum absolute atomic E-state index is 13.7. The molecular weight excluding hydrogens is 466 g/mol. The number of carbonyl (C=O) groups is 2. The topological polar surface area (TPSA) is 76.8 Å². The number of amides is 1. The van der Waals surface area contributed by atoms with Crippen molar-refractivity contribution in [3.63, 3.8) is 0 Å². The van der Waals surface area contributed by atoms with Crippen LogP contribution in [0.2, 0.25) is 5.02 Å². The van der Waals surface area contributed by atoms with Crippen LogP contribution < -0.4 is 15.1 Å². The number of rotatable bonds is 6. The molecule has 7 heteroatoms. The van der Waals surface area contributed by atoms with Gasteiger partial charge in [0.05, 0.1) is 17.0 Å². The zero-order valence-corrected chi connectivity index (χ0v) is 19.5. The van der Waals surface area contributed by atoms with Gasteiger partial charge in [0.2, 0.25) is 5.76 Å². The summed E-state index contributed by atoms with van der Waals surface area (Å²) in [6.07, 6.45) is 1.65. The molecule has 0 N–H and O–H groups in total. The van der Waals surface area contributed by atoms with Crippen molar-refractivity contribution in [2.45, 2.75) is 13.0 Å². The number of ether oxygens (including phenoxy) is 1. The van der Waals surface area contributed by atoms with E-state index in [1.54, 1.807) is 60.7 Å². The summed E-state index contributed by atoms with van der Waals surface area (Å²) in [5, 5.41) is 0.694. The fourth-order valence-corrected chi connectivity index (χ4v) is 4.46. The minimum absolute atomic E-state index is 0.0162. The molecule has 0 spiro atoms. The summed E-state index contributed by atoms with van der Waals surface area (Å²) < 4.78 is 11.5. The molecule has 1 unspecified atom stereocenters. The summed E-state index contributed by atoms with van der Waals surface area (Å²) in [6, 6.07) is 17.9. The van der Waals surface area contributed by atoms with Gasteiger partial charge >= 0.3 is 0 Å². The van der Waals surface area contributed by atoms with Gasteiger partial charge in [-0.3, -0.25) is 19.3 Å². The normalized spacial score (nSPS) is 14.7. The van der Waals surface area contributed by atoms with Crippen LogP contribution in [0.25, 0.3) is 11.0 Å². The van der Waals surface area contributed by atoms with Gasteiger partial charge in [-0.25, -0.2) is 0 Å². The number of hydrogen-bond acceptors (Lipinski definition) is 5. The number of ketones is 1. The zero-order chi connectivity index (χ0) is 24.7. The van der Waals surface area contributed by atoms with E-state index in [2.05, 4.69) is 6.58 Å². The van der Waals surface area contributed by atoms with Gasteiger partial charge in [0.25, 0.3) is 5.91 Å². The van der Waals surface area contributed by atoms with Crippen LogP contribution in [0.3, 0.4) is 0 Å². The molecule has 0 aliphatic carbocycles. The largest absolute Gasteiger partial charge is 0.490 e. The minimum atomic E-state index is -0.742. The molecule has 174 valence electrons. The second-order valence-electron chi connectivity index (χ2n) is 8.16. The van der Waals surface area contributed by atoms with Crippen molar-refractivity contribution >= 4 is 39.9 Å². The van der Waals surface area contributed by atoms with Crippen molar-refractivity contribution < 1.29 is 18.7 Å². The summed E-state index contributed by atoms with van der Waals surface area (Å²) in [5.41, 5.74) is 1.95. The van der Waals surface area contributed by atoms with Crippen molar-refractivity contribution in [2.24, 2.45) is 0 Å². The summed E-state index contributed by atoms with van der Waals surface area (Å²) in [4.78, 5) is 40.6. The monoisotopic (exact) mass is 485 g/mol. The second kappa shape index (κ2) is 8.89. The Hall–Kier alpha value is -4.16. The van der Waals surface area contributed by atoms with Crippen molar-refractivity contribution in [1.82, 2.24) is 0 Å². The van der Waals surface area contributed by atoms with Crippen LogP contribution >= 0.6 is 11.6 Å². The smallest absolute Gasteiger partial charge is 0.295 e. The maximum atomic E-state index is 13.7. The van der Waals surface area contributed by atoms with Gasteiger partial charge in [0.1, 0.15) is 17.9 Å². The number of nitrogens with zero attached hydrogens (tertiary/aromatic N) is 1. The Morgan fingerprint density at radius 2 is 1.80 bits per heavy atom. The molecule has 1 atom stereocenters. The fourth-order valence-electron chi connectivity index (χ4n) is 4.29. The van der Waals surface area contributed by atoms with Gasteiger partial charge in [-0.1, -0.05) is 36.4 Å². The van der Waals surface area contributed by atoms with Crippen LogP contribution in [-0.2, 0) is 0 Å². The van der Waals surface area contributed by atoms with Crippen LogP contribution in [0, 0.1) is 0 Å². The van der Waals surface area contributed by atoms with E-state index in [-0.39, 0.29) is 28.1 Å². The average molecular weight is 486 g/mol. The molecule has 2 heterocycles. The first kappa shape index (κ1) is 22.6. The number of halogens is 1. The Balaban J connectivity index is 1.71. The van der Waals surface area contributed by atoms with Crippen LogP contribution in [0.1, 0.15) is 45.0 Å². The number of carbonyl (C=O) groups excluding carboxylic acids is 2. The van der Waals surface area contributed by atoms with E-state index in [1.165, 1.54) is 11.8 Å². The van der Waals surface area contributed by atoms with E-state index < -0.39 is 11.9 Å². The molecule has 1 aliphatic rings. The third-order valence-corrected chi connectivity index (χ3v) is 6.18. The molecule has 0 saturated heterocycles. The third kappa shape index (κ3) is 3.92. The molecule has 0 saturated carbocycles. The highest BCUT2D eigenvalue weighted by Crippen LogP contribution is 2.41. The predicted molar refractivity (Wildman–Crippen MR) is 135 cm³/mol. The molecule has 35 heavy (non-hydrogen) atoms. The molecular formula is C28H20ClNO5. The van der Waals surface area contributed by atoms with Crippen LogP contribution in [0.4, 0.5) is 5.69 Å². The van der Waals surface area contributed by atoms with Gasteiger partial charge in [-0.2, -0.15) is 0 Å².